The van der Waals surface area contributed by atoms with Gasteiger partial charge in [0.2, 0.25) is 0 Å². The molecule has 1 aromatic rings. The van der Waals surface area contributed by atoms with Gasteiger partial charge in [0, 0.05) is 0 Å². The van der Waals surface area contributed by atoms with E-state index in [1.54, 1.807) is 12.1 Å². The fourth-order valence-corrected chi connectivity index (χ4v) is 3.21. The Morgan fingerprint density at radius 1 is 1.22 bits per heavy atom. The maximum absolute atomic E-state index is 9.88. The van der Waals surface area contributed by atoms with Crippen molar-refractivity contribution in [3.05, 3.63) is 29.8 Å². The van der Waals surface area contributed by atoms with E-state index >= 15 is 0 Å². The molecule has 0 amide bonds. The molecule has 0 aliphatic heterocycles. The minimum absolute atomic E-state index is 0.461. The Bertz CT molecular complexity index is 350. The van der Waals surface area contributed by atoms with Crippen LogP contribution in [0, 0.1) is 12.0 Å². The van der Waals surface area contributed by atoms with Crippen LogP contribution in [-0.4, -0.2) is 5.11 Å². The lowest BCUT2D eigenvalue weighted by Gasteiger charge is -2.29. The van der Waals surface area contributed by atoms with Gasteiger partial charge in [-0.1, -0.05) is 38.7 Å². The molecule has 1 nitrogen and oxygen atoms in total. The van der Waals surface area contributed by atoms with Gasteiger partial charge < -0.3 is 5.11 Å². The number of hydrogen-bond donors (Lipinski definition) is 1. The van der Waals surface area contributed by atoms with Crippen LogP contribution >= 0.6 is 0 Å². The number of aromatic hydroxyl groups is 1. The van der Waals surface area contributed by atoms with E-state index in [9.17, 15) is 5.11 Å². The van der Waals surface area contributed by atoms with E-state index in [0.717, 1.165) is 11.5 Å². The Kier molecular flexibility index (Phi) is 5.10. The van der Waals surface area contributed by atoms with Crippen molar-refractivity contribution in [2.75, 3.05) is 0 Å². The molecule has 0 saturated heterocycles. The summed E-state index contributed by atoms with van der Waals surface area (Å²) in [4.78, 5) is 0. The molecular weight excluding hydrogens is 220 g/mol. The summed E-state index contributed by atoms with van der Waals surface area (Å²) in [7, 11) is 0. The fraction of sp³-hybridized carbons (Fsp3) is 0.647. The van der Waals surface area contributed by atoms with Gasteiger partial charge in [0.15, 0.2) is 0 Å². The van der Waals surface area contributed by atoms with Crippen LogP contribution in [0.5, 0.6) is 5.75 Å². The van der Waals surface area contributed by atoms with E-state index < -0.39 is 0 Å². The minimum atomic E-state index is 0.461. The predicted molar refractivity (Wildman–Crippen MR) is 75.8 cm³/mol. The predicted octanol–water partition coefficient (Wildman–Crippen LogP) is 5.05. The van der Waals surface area contributed by atoms with E-state index in [2.05, 4.69) is 13.0 Å². The lowest BCUT2D eigenvalue weighted by molar-refractivity contribution is 0.299. The van der Waals surface area contributed by atoms with Gasteiger partial charge in [0.05, 0.1) is 0 Å². The third-order valence-corrected chi connectivity index (χ3v) is 4.37. The first-order valence-corrected chi connectivity index (χ1v) is 7.50. The molecule has 99 valence electrons. The molecule has 18 heavy (non-hydrogen) atoms. The molecule has 1 radical (unpaired) electrons. The molecule has 0 heterocycles. The van der Waals surface area contributed by atoms with Crippen molar-refractivity contribution >= 4 is 0 Å². The molecule has 0 spiro atoms. The molecule has 1 saturated carbocycles. The lowest BCUT2D eigenvalue weighted by atomic mass is 9.77. The van der Waals surface area contributed by atoms with E-state index in [1.165, 1.54) is 51.4 Å². The summed E-state index contributed by atoms with van der Waals surface area (Å²) in [6.45, 7) is 2.27. The number of rotatable bonds is 5. The molecule has 1 N–H and O–H groups in total. The first-order chi connectivity index (χ1) is 8.81. The van der Waals surface area contributed by atoms with Crippen LogP contribution in [-0.2, 0) is 0 Å². The fourth-order valence-electron chi connectivity index (χ4n) is 3.21. The quantitative estimate of drug-likeness (QED) is 0.720. The molecule has 0 unspecified atom stereocenters. The second-order valence-corrected chi connectivity index (χ2v) is 5.70. The SMILES string of the molecule is CCCCCC1CCC(c2c[c]ccc2O)CC1. The molecule has 1 aromatic carbocycles. The summed E-state index contributed by atoms with van der Waals surface area (Å²) >= 11 is 0. The van der Waals surface area contributed by atoms with E-state index in [4.69, 9.17) is 0 Å². The molecule has 0 bridgehead atoms. The van der Waals surface area contributed by atoms with Crippen LogP contribution < -0.4 is 0 Å². The second kappa shape index (κ2) is 6.82. The highest BCUT2D eigenvalue weighted by molar-refractivity contribution is 5.34. The smallest absolute Gasteiger partial charge is 0.119 e. The number of phenolic OH excluding ortho intramolecular Hbond substituents is 1. The molecule has 1 fully saturated rings. The zero-order valence-corrected chi connectivity index (χ0v) is 11.5. The van der Waals surface area contributed by atoms with Crippen LogP contribution in [0.25, 0.3) is 0 Å². The number of phenols is 1. The monoisotopic (exact) mass is 245 g/mol. The van der Waals surface area contributed by atoms with Crippen LogP contribution in [0.3, 0.4) is 0 Å². The van der Waals surface area contributed by atoms with Gasteiger partial charge in [0.1, 0.15) is 5.75 Å². The Morgan fingerprint density at radius 3 is 2.67 bits per heavy atom. The van der Waals surface area contributed by atoms with Crippen LogP contribution in [0.2, 0.25) is 0 Å². The van der Waals surface area contributed by atoms with Crippen molar-refractivity contribution in [2.45, 2.75) is 64.2 Å². The van der Waals surface area contributed by atoms with Gasteiger partial charge in [-0.05, 0) is 61.3 Å². The maximum atomic E-state index is 9.88. The zero-order valence-electron chi connectivity index (χ0n) is 11.5. The Hall–Kier alpha value is -0.980. The number of hydrogen-bond acceptors (Lipinski definition) is 1. The van der Waals surface area contributed by atoms with Crippen LogP contribution in [0.4, 0.5) is 0 Å². The van der Waals surface area contributed by atoms with Gasteiger partial charge in [-0.15, -0.1) is 0 Å². The van der Waals surface area contributed by atoms with Crippen molar-refractivity contribution < 1.29 is 5.11 Å². The molecule has 2 rings (SSSR count). The van der Waals surface area contributed by atoms with E-state index in [0.29, 0.717) is 11.7 Å². The molecule has 1 aliphatic rings. The number of benzene rings is 1. The van der Waals surface area contributed by atoms with Gasteiger partial charge >= 0.3 is 0 Å². The van der Waals surface area contributed by atoms with E-state index in [1.807, 2.05) is 6.07 Å². The van der Waals surface area contributed by atoms with Gasteiger partial charge in [0.25, 0.3) is 0 Å². The highest BCUT2D eigenvalue weighted by Crippen LogP contribution is 2.40. The van der Waals surface area contributed by atoms with Gasteiger partial charge in [-0.25, -0.2) is 0 Å². The summed E-state index contributed by atoms with van der Waals surface area (Å²) in [5.74, 6) is 1.95. The second-order valence-electron chi connectivity index (χ2n) is 5.70. The normalized spacial score (nSPS) is 24.1. The lowest BCUT2D eigenvalue weighted by Crippen LogP contribution is -2.13. The molecule has 1 heteroatoms. The summed E-state index contributed by atoms with van der Waals surface area (Å²) in [6.07, 6.45) is 10.7. The van der Waals surface area contributed by atoms with Gasteiger partial charge in [-0.2, -0.15) is 0 Å². The Balaban J connectivity index is 1.81. The molecular formula is C17H25O. The highest BCUT2D eigenvalue weighted by Gasteiger charge is 2.23. The van der Waals surface area contributed by atoms with Crippen molar-refractivity contribution in [2.24, 2.45) is 5.92 Å². The highest BCUT2D eigenvalue weighted by atomic mass is 16.3. The minimum Gasteiger partial charge on any atom is -0.508 e. The Labute approximate surface area is 111 Å². The zero-order chi connectivity index (χ0) is 12.8. The first-order valence-electron chi connectivity index (χ1n) is 7.50. The van der Waals surface area contributed by atoms with Crippen molar-refractivity contribution in [1.82, 2.24) is 0 Å². The maximum Gasteiger partial charge on any atom is 0.119 e. The van der Waals surface area contributed by atoms with Crippen LogP contribution in [0.15, 0.2) is 18.2 Å². The first kappa shape index (κ1) is 13.5. The largest absolute Gasteiger partial charge is 0.508 e. The average Bonchev–Trinajstić information content (AvgIpc) is 2.41. The molecule has 0 aromatic heterocycles. The van der Waals surface area contributed by atoms with Gasteiger partial charge in [-0.3, -0.25) is 0 Å². The standard InChI is InChI=1S/C17H25O/c1-2-3-4-7-14-10-12-15(13-11-14)16-8-5-6-9-17(16)18/h6,8-9,14-15,18H,2-4,7,10-13H2,1H3. The van der Waals surface area contributed by atoms with Crippen molar-refractivity contribution in [1.29, 1.82) is 0 Å². The summed E-state index contributed by atoms with van der Waals surface area (Å²) in [6, 6.07) is 8.62. The van der Waals surface area contributed by atoms with Crippen LogP contribution in [0.1, 0.15) is 69.8 Å². The van der Waals surface area contributed by atoms with Crippen molar-refractivity contribution in [3.8, 4) is 5.75 Å². The topological polar surface area (TPSA) is 20.2 Å². The third kappa shape index (κ3) is 3.51. The number of unbranched alkanes of at least 4 members (excludes halogenated alkanes) is 2. The van der Waals surface area contributed by atoms with Crippen molar-refractivity contribution in [3.63, 3.8) is 0 Å². The summed E-state index contributed by atoms with van der Waals surface area (Å²) in [5, 5.41) is 9.88. The average molecular weight is 245 g/mol. The summed E-state index contributed by atoms with van der Waals surface area (Å²) in [5.41, 5.74) is 1.12. The summed E-state index contributed by atoms with van der Waals surface area (Å²) < 4.78 is 0. The molecule has 1 aliphatic carbocycles. The van der Waals surface area contributed by atoms with E-state index in [-0.39, 0.29) is 0 Å². The third-order valence-electron chi connectivity index (χ3n) is 4.37. The Morgan fingerprint density at radius 2 is 2.00 bits per heavy atom. The molecule has 0 atom stereocenters.